The Labute approximate surface area is 74.4 Å². The van der Waals surface area contributed by atoms with Gasteiger partial charge in [-0.05, 0) is 26.2 Å². The highest BCUT2D eigenvalue weighted by Gasteiger charge is 2.39. The summed E-state index contributed by atoms with van der Waals surface area (Å²) >= 11 is 0. The smallest absolute Gasteiger partial charge is 0.0284 e. The van der Waals surface area contributed by atoms with Crippen LogP contribution in [-0.2, 0) is 0 Å². The van der Waals surface area contributed by atoms with Crippen LogP contribution in [0, 0.1) is 0 Å². The summed E-state index contributed by atoms with van der Waals surface area (Å²) in [7, 11) is 0. The molecule has 1 fully saturated rings. The molecule has 0 radical (unpaired) electrons. The van der Waals surface area contributed by atoms with Crippen LogP contribution in [-0.4, -0.2) is 30.1 Å². The van der Waals surface area contributed by atoms with Crippen LogP contribution in [0.3, 0.4) is 0 Å². The summed E-state index contributed by atoms with van der Waals surface area (Å²) in [6, 6.07) is 0. The van der Waals surface area contributed by atoms with E-state index in [0.29, 0.717) is 0 Å². The highest BCUT2D eigenvalue weighted by Crippen LogP contribution is 2.33. The van der Waals surface area contributed by atoms with Crippen LogP contribution in [0.2, 0.25) is 0 Å². The quantitative estimate of drug-likeness (QED) is 0.623. The summed E-state index contributed by atoms with van der Waals surface area (Å²) in [6.45, 7) is 5.65. The number of hydrogen-bond acceptors (Lipinski definition) is 2. The normalized spacial score (nSPS) is 28.3. The Balaban J connectivity index is 1.83. The van der Waals surface area contributed by atoms with Gasteiger partial charge in [0.1, 0.15) is 0 Å². The number of rotatable bonds is 2. The molecule has 2 aliphatic rings. The third-order valence-electron chi connectivity index (χ3n) is 2.95. The van der Waals surface area contributed by atoms with Gasteiger partial charge in [0.15, 0.2) is 0 Å². The molecule has 0 unspecified atom stereocenters. The van der Waals surface area contributed by atoms with Gasteiger partial charge in [-0.3, -0.25) is 4.90 Å². The molecule has 0 atom stereocenters. The van der Waals surface area contributed by atoms with Crippen molar-refractivity contribution in [2.75, 3.05) is 19.6 Å². The predicted molar refractivity (Wildman–Crippen MR) is 51.0 cm³/mol. The first kappa shape index (κ1) is 8.27. The largest absolute Gasteiger partial charge is 0.324 e. The van der Waals surface area contributed by atoms with Crippen LogP contribution in [0.25, 0.3) is 0 Å². The molecule has 1 heterocycles. The molecule has 0 saturated heterocycles. The Bertz CT molecular complexity index is 204. The van der Waals surface area contributed by atoms with Crippen molar-refractivity contribution in [1.82, 2.24) is 4.90 Å². The van der Waals surface area contributed by atoms with Crippen molar-refractivity contribution < 1.29 is 0 Å². The van der Waals surface area contributed by atoms with Crippen molar-refractivity contribution in [3.8, 4) is 0 Å². The van der Waals surface area contributed by atoms with Crippen LogP contribution in [0.4, 0.5) is 0 Å². The highest BCUT2D eigenvalue weighted by molar-refractivity contribution is 5.07. The van der Waals surface area contributed by atoms with Crippen LogP contribution >= 0.6 is 0 Å². The molecule has 0 amide bonds. The van der Waals surface area contributed by atoms with Gasteiger partial charge >= 0.3 is 0 Å². The van der Waals surface area contributed by atoms with E-state index in [0.717, 1.165) is 13.1 Å². The topological polar surface area (TPSA) is 29.3 Å². The molecule has 12 heavy (non-hydrogen) atoms. The molecule has 68 valence electrons. The minimum atomic E-state index is 0.194. The molecule has 0 aromatic carbocycles. The SMILES string of the molecule is CC1=CCN(CC2(N)CC2)CC1. The van der Waals surface area contributed by atoms with E-state index in [4.69, 9.17) is 5.73 Å². The summed E-state index contributed by atoms with van der Waals surface area (Å²) in [4.78, 5) is 2.47. The number of nitrogens with two attached hydrogens (primary N) is 1. The van der Waals surface area contributed by atoms with E-state index >= 15 is 0 Å². The van der Waals surface area contributed by atoms with Crippen LogP contribution in [0.15, 0.2) is 11.6 Å². The fraction of sp³-hybridized carbons (Fsp3) is 0.800. The molecule has 2 rings (SSSR count). The molecule has 2 heteroatoms. The van der Waals surface area contributed by atoms with Crippen molar-refractivity contribution in [3.05, 3.63) is 11.6 Å². The van der Waals surface area contributed by atoms with Gasteiger partial charge in [-0.1, -0.05) is 11.6 Å². The maximum atomic E-state index is 6.05. The predicted octanol–water partition coefficient (Wildman–Crippen LogP) is 1.13. The first-order chi connectivity index (χ1) is 5.68. The fourth-order valence-electron chi connectivity index (χ4n) is 1.72. The maximum absolute atomic E-state index is 6.05. The lowest BCUT2D eigenvalue weighted by atomic mass is 10.1. The molecule has 0 aromatic heterocycles. The molecular weight excluding hydrogens is 148 g/mol. The average Bonchev–Trinajstić information content (AvgIpc) is 2.74. The van der Waals surface area contributed by atoms with Crippen molar-refractivity contribution in [3.63, 3.8) is 0 Å². The molecule has 1 saturated carbocycles. The first-order valence-corrected chi connectivity index (χ1v) is 4.85. The Morgan fingerprint density at radius 2 is 2.33 bits per heavy atom. The zero-order valence-electron chi connectivity index (χ0n) is 7.84. The Morgan fingerprint density at radius 3 is 2.83 bits per heavy atom. The molecule has 0 aromatic rings. The Hall–Kier alpha value is -0.340. The maximum Gasteiger partial charge on any atom is 0.0284 e. The average molecular weight is 166 g/mol. The molecule has 2 nitrogen and oxygen atoms in total. The third-order valence-corrected chi connectivity index (χ3v) is 2.95. The zero-order chi connectivity index (χ0) is 8.60. The lowest BCUT2D eigenvalue weighted by molar-refractivity contribution is 0.268. The minimum absolute atomic E-state index is 0.194. The lowest BCUT2D eigenvalue weighted by Gasteiger charge is -2.27. The molecular formula is C10H18N2. The molecule has 0 spiro atoms. The minimum Gasteiger partial charge on any atom is -0.324 e. The van der Waals surface area contributed by atoms with Crippen LogP contribution in [0.5, 0.6) is 0 Å². The van der Waals surface area contributed by atoms with Gasteiger partial charge in [-0.15, -0.1) is 0 Å². The molecule has 1 aliphatic heterocycles. The van der Waals surface area contributed by atoms with Gasteiger partial charge in [-0.2, -0.15) is 0 Å². The fourth-order valence-corrected chi connectivity index (χ4v) is 1.72. The first-order valence-electron chi connectivity index (χ1n) is 4.85. The summed E-state index contributed by atoms with van der Waals surface area (Å²) < 4.78 is 0. The van der Waals surface area contributed by atoms with Gasteiger partial charge in [0.2, 0.25) is 0 Å². The van der Waals surface area contributed by atoms with E-state index in [-0.39, 0.29) is 5.54 Å². The second kappa shape index (κ2) is 2.86. The van der Waals surface area contributed by atoms with Crippen LogP contribution in [0.1, 0.15) is 26.2 Å². The monoisotopic (exact) mass is 166 g/mol. The van der Waals surface area contributed by atoms with Crippen LogP contribution < -0.4 is 5.73 Å². The van der Waals surface area contributed by atoms with E-state index in [1.807, 2.05) is 0 Å². The summed E-state index contributed by atoms with van der Waals surface area (Å²) in [6.07, 6.45) is 6.02. The Morgan fingerprint density at radius 1 is 1.58 bits per heavy atom. The van der Waals surface area contributed by atoms with E-state index < -0.39 is 0 Å². The summed E-state index contributed by atoms with van der Waals surface area (Å²) in [5.74, 6) is 0. The molecule has 0 bridgehead atoms. The third kappa shape index (κ3) is 1.87. The highest BCUT2D eigenvalue weighted by atomic mass is 15.2. The lowest BCUT2D eigenvalue weighted by Crippen LogP contribution is -2.41. The van der Waals surface area contributed by atoms with Gasteiger partial charge in [0.25, 0.3) is 0 Å². The number of nitrogens with zero attached hydrogens (tertiary/aromatic N) is 1. The zero-order valence-corrected chi connectivity index (χ0v) is 7.84. The van der Waals surface area contributed by atoms with Crippen molar-refractivity contribution >= 4 is 0 Å². The number of hydrogen-bond donors (Lipinski definition) is 1. The Kier molecular flexibility index (Phi) is 1.97. The van der Waals surface area contributed by atoms with Gasteiger partial charge in [-0.25, -0.2) is 0 Å². The second-order valence-corrected chi connectivity index (χ2v) is 4.40. The van der Waals surface area contributed by atoms with Crippen molar-refractivity contribution in [2.45, 2.75) is 31.7 Å². The summed E-state index contributed by atoms with van der Waals surface area (Å²) in [5, 5.41) is 0. The second-order valence-electron chi connectivity index (χ2n) is 4.40. The van der Waals surface area contributed by atoms with Crippen molar-refractivity contribution in [2.24, 2.45) is 5.73 Å². The standard InChI is InChI=1S/C10H18N2/c1-9-2-6-12(7-3-9)8-10(11)4-5-10/h2H,3-8,11H2,1H3. The van der Waals surface area contributed by atoms with Gasteiger partial charge in [0.05, 0.1) is 0 Å². The van der Waals surface area contributed by atoms with Gasteiger partial charge in [0, 0.05) is 25.2 Å². The molecule has 2 N–H and O–H groups in total. The molecule has 1 aliphatic carbocycles. The van der Waals surface area contributed by atoms with Crippen molar-refractivity contribution in [1.29, 1.82) is 0 Å². The van der Waals surface area contributed by atoms with Gasteiger partial charge < -0.3 is 5.73 Å². The summed E-state index contributed by atoms with van der Waals surface area (Å²) in [5.41, 5.74) is 7.78. The van der Waals surface area contributed by atoms with E-state index in [9.17, 15) is 0 Å². The van der Waals surface area contributed by atoms with E-state index in [1.54, 1.807) is 0 Å². The van der Waals surface area contributed by atoms with E-state index in [1.165, 1.54) is 31.4 Å². The van der Waals surface area contributed by atoms with E-state index in [2.05, 4.69) is 17.9 Å².